The Bertz CT molecular complexity index is 970. The summed E-state index contributed by atoms with van der Waals surface area (Å²) in [6, 6.07) is 10.1. The number of hydrogen-bond acceptors (Lipinski definition) is 3. The summed E-state index contributed by atoms with van der Waals surface area (Å²) in [4.78, 5) is 14.8. The average molecular weight is 427 g/mol. The molecule has 0 aromatic heterocycles. The van der Waals surface area contributed by atoms with Crippen molar-refractivity contribution in [2.45, 2.75) is 24.2 Å². The van der Waals surface area contributed by atoms with Crippen LogP contribution in [0, 0.1) is 0 Å². The second-order valence-corrected chi connectivity index (χ2v) is 9.57. The summed E-state index contributed by atoms with van der Waals surface area (Å²) >= 11 is 12.4. The van der Waals surface area contributed by atoms with Crippen molar-refractivity contribution in [2.75, 3.05) is 25.5 Å². The summed E-state index contributed by atoms with van der Waals surface area (Å²) in [5.41, 5.74) is 2.19. The van der Waals surface area contributed by atoms with E-state index in [1.165, 1.54) is 18.4 Å². The van der Waals surface area contributed by atoms with E-state index in [0.717, 1.165) is 24.1 Å². The lowest BCUT2D eigenvalue weighted by Crippen LogP contribution is -2.36. The lowest BCUT2D eigenvalue weighted by Gasteiger charge is -2.30. The molecule has 0 saturated heterocycles. The van der Waals surface area contributed by atoms with E-state index < -0.39 is 10.0 Å². The lowest BCUT2D eigenvalue weighted by atomic mass is 10.0. The molecule has 8 heteroatoms. The topological polar surface area (TPSA) is 57.7 Å². The molecule has 0 saturated carbocycles. The molecule has 0 fully saturated rings. The molecule has 0 N–H and O–H groups in total. The number of amides is 1. The number of halogens is 2. The molecule has 1 aliphatic rings. The average Bonchev–Trinajstić information content (AvgIpc) is 2.63. The molecule has 3 rings (SSSR count). The van der Waals surface area contributed by atoms with Crippen molar-refractivity contribution in [3.8, 4) is 0 Å². The lowest BCUT2D eigenvalue weighted by molar-refractivity contribution is -0.118. The van der Waals surface area contributed by atoms with Gasteiger partial charge in [0.2, 0.25) is 15.9 Å². The van der Waals surface area contributed by atoms with Crippen LogP contribution in [-0.4, -0.2) is 39.3 Å². The van der Waals surface area contributed by atoms with Gasteiger partial charge in [0, 0.05) is 36.4 Å². The van der Waals surface area contributed by atoms with Gasteiger partial charge in [0.15, 0.2) is 0 Å². The molecule has 2 aromatic carbocycles. The Morgan fingerprint density at radius 3 is 2.44 bits per heavy atom. The second-order valence-electron chi connectivity index (χ2n) is 6.60. The maximum atomic E-state index is 12.9. The molecule has 0 spiro atoms. The molecule has 0 atom stereocenters. The zero-order valence-electron chi connectivity index (χ0n) is 15.1. The van der Waals surface area contributed by atoms with Gasteiger partial charge in [0.25, 0.3) is 0 Å². The zero-order chi connectivity index (χ0) is 19.8. The van der Waals surface area contributed by atoms with Crippen molar-refractivity contribution in [1.82, 2.24) is 4.31 Å². The van der Waals surface area contributed by atoms with E-state index in [4.69, 9.17) is 23.2 Å². The summed E-state index contributed by atoms with van der Waals surface area (Å²) in [5, 5.41) is 0.918. The summed E-state index contributed by atoms with van der Waals surface area (Å²) < 4.78 is 25.9. The number of aryl methyl sites for hydroxylation is 1. The molecule has 1 amide bonds. The van der Waals surface area contributed by atoms with Gasteiger partial charge in [-0.1, -0.05) is 29.3 Å². The molecule has 144 valence electrons. The van der Waals surface area contributed by atoms with Crippen LogP contribution >= 0.6 is 23.2 Å². The highest BCUT2D eigenvalue weighted by molar-refractivity contribution is 7.89. The molecule has 0 radical (unpaired) electrons. The van der Waals surface area contributed by atoms with Crippen LogP contribution in [0.1, 0.15) is 17.5 Å². The van der Waals surface area contributed by atoms with Crippen LogP contribution in [0.5, 0.6) is 0 Å². The van der Waals surface area contributed by atoms with Crippen molar-refractivity contribution in [3.05, 3.63) is 57.6 Å². The van der Waals surface area contributed by atoms with Crippen LogP contribution in [0.25, 0.3) is 0 Å². The normalized spacial score (nSPS) is 14.3. The fraction of sp³-hybridized carbons (Fsp3) is 0.316. The van der Waals surface area contributed by atoms with Gasteiger partial charge in [-0.2, -0.15) is 0 Å². The fourth-order valence-electron chi connectivity index (χ4n) is 3.15. The maximum absolute atomic E-state index is 12.9. The first-order valence-electron chi connectivity index (χ1n) is 8.50. The number of benzene rings is 2. The molecule has 0 aliphatic carbocycles. The van der Waals surface area contributed by atoms with Gasteiger partial charge in [-0.3, -0.25) is 4.79 Å². The van der Waals surface area contributed by atoms with E-state index >= 15 is 0 Å². The third-order valence-corrected chi connectivity index (χ3v) is 7.16. The van der Waals surface area contributed by atoms with Crippen LogP contribution < -0.4 is 4.90 Å². The van der Waals surface area contributed by atoms with Crippen LogP contribution in [0.15, 0.2) is 41.3 Å². The van der Waals surface area contributed by atoms with Gasteiger partial charge in [-0.25, -0.2) is 12.7 Å². The van der Waals surface area contributed by atoms with E-state index in [-0.39, 0.29) is 17.2 Å². The Kier molecular flexibility index (Phi) is 5.82. The Morgan fingerprint density at radius 1 is 1.15 bits per heavy atom. The van der Waals surface area contributed by atoms with Crippen molar-refractivity contribution in [2.24, 2.45) is 0 Å². The molecule has 0 unspecified atom stereocenters. The monoisotopic (exact) mass is 426 g/mol. The smallest absolute Gasteiger partial charge is 0.242 e. The van der Waals surface area contributed by atoms with Gasteiger partial charge >= 0.3 is 0 Å². The van der Waals surface area contributed by atoms with Gasteiger partial charge in [0.05, 0.1) is 11.3 Å². The van der Waals surface area contributed by atoms with E-state index in [1.807, 2.05) is 0 Å². The SMILES string of the molecule is CN(C)S(=O)(=O)c1ccc2c(c1)CCCN2C(=O)Cc1c(Cl)cccc1Cl. The fourth-order valence-corrected chi connectivity index (χ4v) is 4.64. The van der Waals surface area contributed by atoms with Crippen LogP contribution in [-0.2, 0) is 27.7 Å². The summed E-state index contributed by atoms with van der Waals surface area (Å²) in [5.74, 6) is -0.117. The summed E-state index contributed by atoms with van der Waals surface area (Å²) in [6.07, 6.45) is 1.58. The third kappa shape index (κ3) is 3.99. The molecule has 27 heavy (non-hydrogen) atoms. The van der Waals surface area contributed by atoms with Gasteiger partial charge in [-0.15, -0.1) is 0 Å². The largest absolute Gasteiger partial charge is 0.312 e. The number of nitrogens with zero attached hydrogens (tertiary/aromatic N) is 2. The highest BCUT2D eigenvalue weighted by Gasteiger charge is 2.26. The molecule has 1 heterocycles. The van der Waals surface area contributed by atoms with Crippen molar-refractivity contribution in [1.29, 1.82) is 0 Å². The molecular formula is C19H20Cl2N2O3S. The van der Waals surface area contributed by atoms with Crippen LogP contribution in [0.2, 0.25) is 10.0 Å². The highest BCUT2D eigenvalue weighted by atomic mass is 35.5. The molecule has 1 aliphatic heterocycles. The third-order valence-electron chi connectivity index (χ3n) is 4.64. The quantitative estimate of drug-likeness (QED) is 0.747. The summed E-state index contributed by atoms with van der Waals surface area (Å²) in [7, 11) is -0.517. The van der Waals surface area contributed by atoms with Crippen molar-refractivity contribution < 1.29 is 13.2 Å². The number of rotatable bonds is 4. The van der Waals surface area contributed by atoms with Crippen LogP contribution in [0.3, 0.4) is 0 Å². The number of anilines is 1. The molecular weight excluding hydrogens is 407 g/mol. The Labute approximate surface area is 169 Å². The first-order chi connectivity index (χ1) is 12.7. The van der Waals surface area contributed by atoms with E-state index in [9.17, 15) is 13.2 Å². The maximum Gasteiger partial charge on any atom is 0.242 e. The summed E-state index contributed by atoms with van der Waals surface area (Å²) in [6.45, 7) is 0.577. The van der Waals surface area contributed by atoms with Gasteiger partial charge in [-0.05, 0) is 54.3 Å². The van der Waals surface area contributed by atoms with E-state index in [2.05, 4.69) is 0 Å². The van der Waals surface area contributed by atoms with Gasteiger partial charge < -0.3 is 4.90 Å². The van der Waals surface area contributed by atoms with Gasteiger partial charge in [0.1, 0.15) is 0 Å². The van der Waals surface area contributed by atoms with E-state index in [0.29, 0.717) is 22.2 Å². The number of fused-ring (bicyclic) bond motifs is 1. The molecule has 0 bridgehead atoms. The molecule has 2 aromatic rings. The first kappa shape index (κ1) is 20.1. The van der Waals surface area contributed by atoms with Crippen molar-refractivity contribution in [3.63, 3.8) is 0 Å². The predicted molar refractivity (Wildman–Crippen MR) is 108 cm³/mol. The Balaban J connectivity index is 1.91. The Morgan fingerprint density at radius 2 is 1.81 bits per heavy atom. The zero-order valence-corrected chi connectivity index (χ0v) is 17.4. The number of hydrogen-bond donors (Lipinski definition) is 0. The minimum absolute atomic E-state index is 0.0930. The van der Waals surface area contributed by atoms with E-state index in [1.54, 1.807) is 41.3 Å². The van der Waals surface area contributed by atoms with Crippen molar-refractivity contribution >= 4 is 44.8 Å². The second kappa shape index (κ2) is 7.80. The highest BCUT2D eigenvalue weighted by Crippen LogP contribution is 2.32. The first-order valence-corrected chi connectivity index (χ1v) is 10.7. The predicted octanol–water partition coefficient (Wildman–Crippen LogP) is 3.77. The minimum atomic E-state index is -3.51. The number of carbonyl (C=O) groups excluding carboxylic acids is 1. The van der Waals surface area contributed by atoms with Crippen LogP contribution in [0.4, 0.5) is 5.69 Å². The number of sulfonamides is 1. The standard InChI is InChI=1S/C19H20Cl2N2O3S/c1-22(2)27(25,26)14-8-9-18-13(11-14)5-4-10-23(18)19(24)12-15-16(20)6-3-7-17(15)21/h3,6-9,11H,4-5,10,12H2,1-2H3. The Hall–Kier alpha value is -1.60. The minimum Gasteiger partial charge on any atom is -0.312 e. The molecule has 5 nitrogen and oxygen atoms in total. The number of carbonyl (C=O) groups is 1.